The molecule has 3 aromatic rings. The number of aromatic nitrogens is 1. The van der Waals surface area contributed by atoms with E-state index in [1.54, 1.807) is 7.11 Å². The van der Waals surface area contributed by atoms with Gasteiger partial charge in [-0.25, -0.2) is 4.98 Å². The number of rotatable bonds is 5. The van der Waals surface area contributed by atoms with Crippen molar-refractivity contribution >= 4 is 23.0 Å². The summed E-state index contributed by atoms with van der Waals surface area (Å²) in [4.78, 5) is 4.65. The van der Waals surface area contributed by atoms with Crippen LogP contribution >= 0.6 is 11.3 Å². The van der Waals surface area contributed by atoms with E-state index in [1.807, 2.05) is 35.7 Å². The molecule has 0 saturated carbocycles. The summed E-state index contributed by atoms with van der Waals surface area (Å²) in [5.41, 5.74) is 4.66. The molecule has 0 amide bonds. The van der Waals surface area contributed by atoms with Gasteiger partial charge in [0.15, 0.2) is 0 Å². The van der Waals surface area contributed by atoms with E-state index >= 15 is 0 Å². The van der Waals surface area contributed by atoms with Crippen molar-refractivity contribution in [2.75, 3.05) is 7.11 Å². The standard InChI is InChI=1S/C21H18N2OS/c1-3-15-8-10-16(11-9-15)19-14-25-21(23-19)18(13-22)12-17-6-4-5-7-20(17)24-2/h4-12,14H,3H2,1-2H3/b18-12+. The largest absolute Gasteiger partial charge is 0.496 e. The molecule has 2 aromatic carbocycles. The van der Waals surface area contributed by atoms with Crippen molar-refractivity contribution in [2.45, 2.75) is 13.3 Å². The van der Waals surface area contributed by atoms with Crippen LogP contribution < -0.4 is 4.74 Å². The Morgan fingerprint density at radius 1 is 1.20 bits per heavy atom. The summed E-state index contributed by atoms with van der Waals surface area (Å²) in [6, 6.07) is 18.3. The van der Waals surface area contributed by atoms with Gasteiger partial charge in [-0.1, -0.05) is 49.4 Å². The molecule has 0 bridgehead atoms. The van der Waals surface area contributed by atoms with Gasteiger partial charge in [-0.3, -0.25) is 0 Å². The summed E-state index contributed by atoms with van der Waals surface area (Å²) in [5, 5.41) is 12.3. The summed E-state index contributed by atoms with van der Waals surface area (Å²) in [6.07, 6.45) is 2.84. The van der Waals surface area contributed by atoms with Crippen LogP contribution in [-0.2, 0) is 6.42 Å². The second-order valence-electron chi connectivity index (χ2n) is 5.50. The molecule has 0 N–H and O–H groups in total. The van der Waals surface area contributed by atoms with Gasteiger partial charge >= 0.3 is 0 Å². The molecule has 0 spiro atoms. The summed E-state index contributed by atoms with van der Waals surface area (Å²) < 4.78 is 5.35. The summed E-state index contributed by atoms with van der Waals surface area (Å²) >= 11 is 1.48. The van der Waals surface area contributed by atoms with Crippen LogP contribution in [0.5, 0.6) is 5.75 Å². The summed E-state index contributed by atoms with van der Waals surface area (Å²) in [6.45, 7) is 2.14. The van der Waals surface area contributed by atoms with Gasteiger partial charge < -0.3 is 4.74 Å². The van der Waals surface area contributed by atoms with E-state index < -0.39 is 0 Å². The Labute approximate surface area is 151 Å². The number of hydrogen-bond acceptors (Lipinski definition) is 4. The maximum atomic E-state index is 9.56. The van der Waals surface area contributed by atoms with Gasteiger partial charge in [0.05, 0.1) is 18.4 Å². The van der Waals surface area contributed by atoms with Crippen LogP contribution in [-0.4, -0.2) is 12.1 Å². The molecule has 124 valence electrons. The van der Waals surface area contributed by atoms with Gasteiger partial charge in [-0.15, -0.1) is 11.3 Å². The van der Waals surface area contributed by atoms with Crippen molar-refractivity contribution in [3.05, 3.63) is 70.0 Å². The Morgan fingerprint density at radius 3 is 2.64 bits per heavy atom. The minimum absolute atomic E-state index is 0.533. The van der Waals surface area contributed by atoms with E-state index in [-0.39, 0.29) is 0 Å². The highest BCUT2D eigenvalue weighted by molar-refractivity contribution is 7.11. The minimum Gasteiger partial charge on any atom is -0.496 e. The molecule has 4 heteroatoms. The van der Waals surface area contributed by atoms with Crippen LogP contribution in [0.25, 0.3) is 22.9 Å². The predicted octanol–water partition coefficient (Wildman–Crippen LogP) is 5.45. The predicted molar refractivity (Wildman–Crippen MR) is 103 cm³/mol. The number of nitriles is 1. The monoisotopic (exact) mass is 346 g/mol. The zero-order valence-electron chi connectivity index (χ0n) is 14.2. The first kappa shape index (κ1) is 16.9. The first-order valence-corrected chi connectivity index (χ1v) is 8.93. The molecule has 3 rings (SSSR count). The Balaban J connectivity index is 1.93. The third-order valence-electron chi connectivity index (χ3n) is 3.95. The van der Waals surface area contributed by atoms with Gasteiger partial charge in [-0.2, -0.15) is 5.26 Å². The smallest absolute Gasteiger partial charge is 0.134 e. The lowest BCUT2D eigenvalue weighted by atomic mass is 10.1. The van der Waals surface area contributed by atoms with Crippen molar-refractivity contribution < 1.29 is 4.74 Å². The zero-order valence-corrected chi connectivity index (χ0v) is 15.0. The van der Waals surface area contributed by atoms with Crippen LogP contribution in [0.15, 0.2) is 53.9 Å². The van der Waals surface area contributed by atoms with Crippen molar-refractivity contribution in [3.8, 4) is 23.1 Å². The van der Waals surface area contributed by atoms with Crippen LogP contribution in [0.1, 0.15) is 23.1 Å². The van der Waals surface area contributed by atoms with Crippen molar-refractivity contribution in [3.63, 3.8) is 0 Å². The summed E-state index contributed by atoms with van der Waals surface area (Å²) in [7, 11) is 1.63. The number of hydrogen-bond donors (Lipinski definition) is 0. The third kappa shape index (κ3) is 3.78. The number of para-hydroxylation sites is 1. The van der Waals surface area contributed by atoms with E-state index in [9.17, 15) is 5.26 Å². The number of nitrogens with zero attached hydrogens (tertiary/aromatic N) is 2. The lowest BCUT2D eigenvalue weighted by Gasteiger charge is -2.04. The molecule has 3 nitrogen and oxygen atoms in total. The molecule has 0 fully saturated rings. The molecular weight excluding hydrogens is 328 g/mol. The van der Waals surface area contributed by atoms with E-state index in [4.69, 9.17) is 4.74 Å². The fourth-order valence-corrected chi connectivity index (χ4v) is 3.32. The molecule has 0 aliphatic heterocycles. The van der Waals surface area contributed by atoms with Crippen LogP contribution in [0.3, 0.4) is 0 Å². The van der Waals surface area contributed by atoms with Crippen LogP contribution in [0.2, 0.25) is 0 Å². The molecule has 0 saturated heterocycles. The number of thiazole rings is 1. The molecule has 0 aliphatic rings. The van der Waals surface area contributed by atoms with E-state index in [2.05, 4.69) is 42.2 Å². The topological polar surface area (TPSA) is 45.9 Å². The average Bonchev–Trinajstić information content (AvgIpc) is 3.16. The Kier molecular flexibility index (Phi) is 5.27. The normalized spacial score (nSPS) is 11.2. The maximum absolute atomic E-state index is 9.56. The number of aryl methyl sites for hydroxylation is 1. The molecule has 25 heavy (non-hydrogen) atoms. The maximum Gasteiger partial charge on any atom is 0.134 e. The van der Waals surface area contributed by atoms with Crippen LogP contribution in [0.4, 0.5) is 0 Å². The van der Waals surface area contributed by atoms with Gasteiger partial charge in [0.2, 0.25) is 0 Å². The van der Waals surface area contributed by atoms with Crippen molar-refractivity contribution in [1.82, 2.24) is 4.98 Å². The minimum atomic E-state index is 0.533. The second kappa shape index (κ2) is 7.78. The molecule has 1 aromatic heterocycles. The Morgan fingerprint density at radius 2 is 1.96 bits per heavy atom. The van der Waals surface area contributed by atoms with E-state index in [1.165, 1.54) is 16.9 Å². The average molecular weight is 346 g/mol. The fourth-order valence-electron chi connectivity index (χ4n) is 2.52. The Hall–Kier alpha value is -2.90. The quantitative estimate of drug-likeness (QED) is 0.577. The number of allylic oxidation sites excluding steroid dienone is 1. The SMILES string of the molecule is CCc1ccc(-c2csc(/C(C#N)=C/c3ccccc3OC)n2)cc1. The molecule has 0 atom stereocenters. The lowest BCUT2D eigenvalue weighted by Crippen LogP contribution is -1.88. The second-order valence-corrected chi connectivity index (χ2v) is 6.36. The number of methoxy groups -OCH3 is 1. The molecule has 0 aliphatic carbocycles. The molecule has 0 unspecified atom stereocenters. The number of benzene rings is 2. The first-order valence-electron chi connectivity index (χ1n) is 8.05. The van der Waals surface area contributed by atoms with Crippen molar-refractivity contribution in [2.24, 2.45) is 0 Å². The van der Waals surface area contributed by atoms with Gasteiger partial charge in [-0.05, 0) is 24.1 Å². The van der Waals surface area contributed by atoms with E-state index in [0.717, 1.165) is 29.0 Å². The zero-order chi connectivity index (χ0) is 17.6. The molecule has 1 heterocycles. The number of ether oxygens (including phenoxy) is 1. The highest BCUT2D eigenvalue weighted by Crippen LogP contribution is 2.29. The van der Waals surface area contributed by atoms with Crippen LogP contribution in [0, 0.1) is 11.3 Å². The van der Waals surface area contributed by atoms with Gasteiger partial charge in [0.1, 0.15) is 16.8 Å². The molecular formula is C21H18N2OS. The first-order chi connectivity index (χ1) is 12.2. The highest BCUT2D eigenvalue weighted by Gasteiger charge is 2.10. The fraction of sp³-hybridized carbons (Fsp3) is 0.143. The Bertz CT molecular complexity index is 933. The third-order valence-corrected chi connectivity index (χ3v) is 4.83. The van der Waals surface area contributed by atoms with Gasteiger partial charge in [0.25, 0.3) is 0 Å². The van der Waals surface area contributed by atoms with Crippen molar-refractivity contribution in [1.29, 1.82) is 5.26 Å². The summed E-state index contributed by atoms with van der Waals surface area (Å²) in [5.74, 6) is 0.738. The van der Waals surface area contributed by atoms with Gasteiger partial charge in [0, 0.05) is 16.5 Å². The molecule has 0 radical (unpaired) electrons. The van der Waals surface area contributed by atoms with E-state index in [0.29, 0.717) is 10.6 Å². The lowest BCUT2D eigenvalue weighted by molar-refractivity contribution is 0.414. The highest BCUT2D eigenvalue weighted by atomic mass is 32.1.